The summed E-state index contributed by atoms with van der Waals surface area (Å²) in [4.78, 5) is 12.1. The number of benzene rings is 2. The Kier molecular flexibility index (Phi) is 5.28. The molecule has 1 amide bonds. The highest BCUT2D eigenvalue weighted by atomic mass is 32.1. The highest BCUT2D eigenvalue weighted by molar-refractivity contribution is 7.80. The summed E-state index contributed by atoms with van der Waals surface area (Å²) in [5.41, 5.74) is 3.89. The Morgan fingerprint density at radius 1 is 1.09 bits per heavy atom. The van der Waals surface area contributed by atoms with E-state index in [1.807, 2.05) is 30.3 Å². The number of nitrogens with one attached hydrogen (secondary N) is 2. The molecule has 114 valence electrons. The quantitative estimate of drug-likeness (QED) is 0.833. The number of carbonyl (C=O) groups is 1. The van der Waals surface area contributed by atoms with E-state index in [9.17, 15) is 4.79 Å². The molecule has 0 heterocycles. The summed E-state index contributed by atoms with van der Waals surface area (Å²) in [6.45, 7) is 6.32. The van der Waals surface area contributed by atoms with Crippen molar-refractivity contribution >= 4 is 28.9 Å². The van der Waals surface area contributed by atoms with Crippen LogP contribution in [-0.4, -0.2) is 11.0 Å². The summed E-state index contributed by atoms with van der Waals surface area (Å²) < 4.78 is 0. The zero-order chi connectivity index (χ0) is 16.1. The molecule has 2 aromatic carbocycles. The second-order valence-electron chi connectivity index (χ2n) is 5.52. The van der Waals surface area contributed by atoms with Gasteiger partial charge in [0.2, 0.25) is 0 Å². The van der Waals surface area contributed by atoms with Crippen molar-refractivity contribution in [3.63, 3.8) is 0 Å². The number of thiocarbonyl (C=S) groups is 1. The molecule has 22 heavy (non-hydrogen) atoms. The Labute approximate surface area is 136 Å². The van der Waals surface area contributed by atoms with E-state index in [1.54, 1.807) is 12.1 Å². The first-order valence-corrected chi connectivity index (χ1v) is 7.66. The molecule has 4 heteroatoms. The van der Waals surface area contributed by atoms with Gasteiger partial charge in [0, 0.05) is 11.3 Å². The molecule has 0 atom stereocenters. The van der Waals surface area contributed by atoms with Gasteiger partial charge < -0.3 is 5.32 Å². The van der Waals surface area contributed by atoms with Crippen molar-refractivity contribution in [1.82, 2.24) is 5.32 Å². The van der Waals surface area contributed by atoms with Gasteiger partial charge in [-0.3, -0.25) is 10.1 Å². The average molecular weight is 312 g/mol. The Morgan fingerprint density at radius 3 is 2.41 bits per heavy atom. The van der Waals surface area contributed by atoms with E-state index < -0.39 is 0 Å². The maximum atomic E-state index is 12.1. The molecule has 0 aliphatic rings. The molecular weight excluding hydrogens is 292 g/mol. The zero-order valence-electron chi connectivity index (χ0n) is 13.0. The topological polar surface area (TPSA) is 41.1 Å². The van der Waals surface area contributed by atoms with Crippen molar-refractivity contribution in [3.8, 4) is 0 Å². The molecule has 0 aromatic heterocycles. The van der Waals surface area contributed by atoms with Gasteiger partial charge in [-0.1, -0.05) is 49.7 Å². The predicted molar refractivity (Wildman–Crippen MR) is 95.4 cm³/mol. The fraction of sp³-hybridized carbons (Fsp3) is 0.222. The minimum atomic E-state index is -0.212. The van der Waals surface area contributed by atoms with Gasteiger partial charge in [0.1, 0.15) is 0 Å². The lowest BCUT2D eigenvalue weighted by atomic mass is 9.99. The van der Waals surface area contributed by atoms with Gasteiger partial charge in [0.05, 0.1) is 0 Å². The molecule has 0 fully saturated rings. The van der Waals surface area contributed by atoms with Gasteiger partial charge in [-0.2, -0.15) is 0 Å². The maximum Gasteiger partial charge on any atom is 0.257 e. The lowest BCUT2D eigenvalue weighted by Crippen LogP contribution is -2.34. The lowest BCUT2D eigenvalue weighted by Gasteiger charge is -2.16. The number of anilines is 1. The molecular formula is C18H20N2OS. The number of amides is 1. The van der Waals surface area contributed by atoms with Gasteiger partial charge in [0.25, 0.3) is 5.91 Å². The van der Waals surface area contributed by atoms with Crippen molar-refractivity contribution in [2.24, 2.45) is 0 Å². The van der Waals surface area contributed by atoms with E-state index in [2.05, 4.69) is 37.5 Å². The third-order valence-electron chi connectivity index (χ3n) is 3.34. The second-order valence-corrected chi connectivity index (χ2v) is 5.93. The third kappa shape index (κ3) is 4.15. The van der Waals surface area contributed by atoms with Crippen LogP contribution in [0.4, 0.5) is 5.69 Å². The highest BCUT2D eigenvalue weighted by Gasteiger charge is 2.11. The van der Waals surface area contributed by atoms with Crippen molar-refractivity contribution < 1.29 is 4.79 Å². The number of hydrogen-bond donors (Lipinski definition) is 2. The van der Waals surface area contributed by atoms with Crippen LogP contribution in [0.5, 0.6) is 0 Å². The summed E-state index contributed by atoms with van der Waals surface area (Å²) in [7, 11) is 0. The molecule has 0 radical (unpaired) electrons. The molecule has 2 aromatic rings. The van der Waals surface area contributed by atoms with Crippen LogP contribution in [0, 0.1) is 6.92 Å². The van der Waals surface area contributed by atoms with Crippen LogP contribution in [0.1, 0.15) is 41.3 Å². The first kappa shape index (κ1) is 16.2. The number of rotatable bonds is 3. The van der Waals surface area contributed by atoms with Crippen LogP contribution < -0.4 is 10.6 Å². The first-order valence-electron chi connectivity index (χ1n) is 7.25. The Hall–Kier alpha value is -2.20. The molecule has 2 N–H and O–H groups in total. The predicted octanol–water partition coefficient (Wildman–Crippen LogP) is 4.25. The molecule has 0 aliphatic carbocycles. The number of hydrogen-bond acceptors (Lipinski definition) is 2. The van der Waals surface area contributed by atoms with E-state index >= 15 is 0 Å². The van der Waals surface area contributed by atoms with Gasteiger partial charge in [-0.15, -0.1) is 0 Å². The van der Waals surface area contributed by atoms with Gasteiger partial charge in [-0.25, -0.2) is 0 Å². The largest absolute Gasteiger partial charge is 0.332 e. The molecule has 0 saturated heterocycles. The van der Waals surface area contributed by atoms with Crippen LogP contribution in [-0.2, 0) is 0 Å². The van der Waals surface area contributed by atoms with E-state index in [0.717, 1.165) is 5.69 Å². The summed E-state index contributed by atoms with van der Waals surface area (Å²) in [6, 6.07) is 15.2. The SMILES string of the molecule is Cc1ccc(NC(=S)NC(=O)c2ccccc2)c(C(C)C)c1. The third-order valence-corrected chi connectivity index (χ3v) is 3.54. The van der Waals surface area contributed by atoms with Crippen molar-refractivity contribution in [2.75, 3.05) is 5.32 Å². The molecule has 0 spiro atoms. The maximum absolute atomic E-state index is 12.1. The van der Waals surface area contributed by atoms with Crippen LogP contribution in [0.2, 0.25) is 0 Å². The van der Waals surface area contributed by atoms with E-state index in [4.69, 9.17) is 12.2 Å². The van der Waals surface area contributed by atoms with Crippen molar-refractivity contribution in [3.05, 3.63) is 65.2 Å². The smallest absolute Gasteiger partial charge is 0.257 e. The number of carbonyl (C=O) groups excluding carboxylic acids is 1. The van der Waals surface area contributed by atoms with Crippen LogP contribution >= 0.6 is 12.2 Å². The molecule has 0 saturated carbocycles. The van der Waals surface area contributed by atoms with E-state index in [-0.39, 0.29) is 5.91 Å². The number of aryl methyl sites for hydroxylation is 1. The van der Waals surface area contributed by atoms with Crippen LogP contribution in [0.3, 0.4) is 0 Å². The monoisotopic (exact) mass is 312 g/mol. The standard InChI is InChI=1S/C18H20N2OS/c1-12(2)15-11-13(3)9-10-16(15)19-18(22)20-17(21)14-7-5-4-6-8-14/h4-12H,1-3H3,(H2,19,20,21,22). The normalized spacial score (nSPS) is 10.4. The Morgan fingerprint density at radius 2 is 1.77 bits per heavy atom. The Bertz CT molecular complexity index is 681. The first-order chi connectivity index (χ1) is 10.5. The zero-order valence-corrected chi connectivity index (χ0v) is 13.8. The van der Waals surface area contributed by atoms with E-state index in [1.165, 1.54) is 11.1 Å². The minimum absolute atomic E-state index is 0.212. The fourth-order valence-corrected chi connectivity index (χ4v) is 2.39. The minimum Gasteiger partial charge on any atom is -0.332 e. The Balaban J connectivity index is 2.08. The van der Waals surface area contributed by atoms with Gasteiger partial charge in [0.15, 0.2) is 5.11 Å². The van der Waals surface area contributed by atoms with Crippen LogP contribution in [0.25, 0.3) is 0 Å². The van der Waals surface area contributed by atoms with Gasteiger partial charge >= 0.3 is 0 Å². The fourth-order valence-electron chi connectivity index (χ4n) is 2.19. The summed E-state index contributed by atoms with van der Waals surface area (Å²) in [5, 5.41) is 6.13. The molecule has 0 aliphatic heterocycles. The summed E-state index contributed by atoms with van der Waals surface area (Å²) in [6.07, 6.45) is 0. The lowest BCUT2D eigenvalue weighted by molar-refractivity contribution is 0.0977. The molecule has 3 nitrogen and oxygen atoms in total. The van der Waals surface area contributed by atoms with E-state index in [0.29, 0.717) is 16.6 Å². The van der Waals surface area contributed by atoms with Crippen molar-refractivity contribution in [1.29, 1.82) is 0 Å². The van der Waals surface area contributed by atoms with Gasteiger partial charge in [-0.05, 0) is 48.8 Å². The highest BCUT2D eigenvalue weighted by Crippen LogP contribution is 2.25. The molecule has 0 bridgehead atoms. The average Bonchev–Trinajstić information content (AvgIpc) is 2.49. The summed E-state index contributed by atoms with van der Waals surface area (Å²) >= 11 is 5.25. The second kappa shape index (κ2) is 7.18. The molecule has 0 unspecified atom stereocenters. The van der Waals surface area contributed by atoms with Crippen LogP contribution in [0.15, 0.2) is 48.5 Å². The summed E-state index contributed by atoms with van der Waals surface area (Å²) in [5.74, 6) is 0.159. The molecule has 2 rings (SSSR count). The van der Waals surface area contributed by atoms with Crippen molar-refractivity contribution in [2.45, 2.75) is 26.7 Å².